The van der Waals surface area contributed by atoms with E-state index in [1.807, 2.05) is 70.5 Å². The Hall–Kier alpha value is -2.64. The van der Waals surface area contributed by atoms with Crippen LogP contribution in [-0.4, -0.2) is 65.4 Å². The third-order valence-corrected chi connectivity index (χ3v) is 5.51. The summed E-state index contributed by atoms with van der Waals surface area (Å²) < 4.78 is 13.9. The van der Waals surface area contributed by atoms with Crippen LogP contribution in [0.15, 0.2) is 35.0 Å². The summed E-state index contributed by atoms with van der Waals surface area (Å²) in [6.45, 7) is 5.69. The van der Waals surface area contributed by atoms with Crippen LogP contribution in [0.25, 0.3) is 11.0 Å². The van der Waals surface area contributed by atoms with Gasteiger partial charge in [0.05, 0.1) is 24.9 Å². The van der Waals surface area contributed by atoms with E-state index in [4.69, 9.17) is 9.15 Å². The summed E-state index contributed by atoms with van der Waals surface area (Å²) in [5.74, 6) is 0.308. The predicted molar refractivity (Wildman–Crippen MR) is 111 cm³/mol. The first-order valence-electron chi connectivity index (χ1n) is 9.90. The first-order valence-corrected chi connectivity index (χ1v) is 9.90. The number of hydrogen-bond acceptors (Lipinski definition) is 5. The van der Waals surface area contributed by atoms with Gasteiger partial charge in [-0.15, -0.1) is 0 Å². The number of fused-ring (bicyclic) bond motifs is 1. The second-order valence-corrected chi connectivity index (χ2v) is 8.12. The van der Waals surface area contributed by atoms with E-state index in [-0.39, 0.29) is 18.1 Å². The number of nitrogens with zero attached hydrogens (tertiary/aromatic N) is 4. The average molecular weight is 396 g/mol. The second-order valence-electron chi connectivity index (χ2n) is 8.12. The number of morpholine rings is 1. The Morgan fingerprint density at radius 2 is 2.10 bits per heavy atom. The van der Waals surface area contributed by atoms with E-state index in [9.17, 15) is 4.79 Å². The van der Waals surface area contributed by atoms with E-state index in [1.165, 1.54) is 0 Å². The highest BCUT2D eigenvalue weighted by molar-refractivity contribution is 5.99. The smallest absolute Gasteiger partial charge is 0.290 e. The fourth-order valence-corrected chi connectivity index (χ4v) is 4.13. The number of rotatable bonds is 4. The molecule has 1 saturated heterocycles. The molecule has 0 unspecified atom stereocenters. The van der Waals surface area contributed by atoms with Gasteiger partial charge < -0.3 is 19.0 Å². The Morgan fingerprint density at radius 3 is 2.79 bits per heavy atom. The lowest BCUT2D eigenvalue weighted by Crippen LogP contribution is -2.51. The van der Waals surface area contributed by atoms with Crippen molar-refractivity contribution in [3.8, 4) is 0 Å². The Morgan fingerprint density at radius 1 is 1.31 bits per heavy atom. The van der Waals surface area contributed by atoms with Crippen LogP contribution in [0.3, 0.4) is 0 Å². The van der Waals surface area contributed by atoms with Gasteiger partial charge in [0.1, 0.15) is 5.58 Å². The number of carbonyl (C=O) groups excluding carboxylic acids is 1. The van der Waals surface area contributed by atoms with E-state index < -0.39 is 0 Å². The van der Waals surface area contributed by atoms with E-state index in [0.717, 1.165) is 27.7 Å². The van der Waals surface area contributed by atoms with Crippen molar-refractivity contribution < 1.29 is 13.9 Å². The molecular formula is C22H28N4O3. The topological polar surface area (TPSA) is 63.7 Å². The summed E-state index contributed by atoms with van der Waals surface area (Å²) in [5, 5.41) is 5.30. The van der Waals surface area contributed by atoms with E-state index in [2.05, 4.69) is 10.00 Å². The van der Waals surface area contributed by atoms with Gasteiger partial charge in [0.25, 0.3) is 5.91 Å². The minimum atomic E-state index is -0.221. The van der Waals surface area contributed by atoms with Crippen LogP contribution in [0.2, 0.25) is 0 Å². The molecule has 1 amide bonds. The van der Waals surface area contributed by atoms with Crippen LogP contribution < -0.4 is 0 Å². The molecule has 0 aliphatic carbocycles. The van der Waals surface area contributed by atoms with Crippen molar-refractivity contribution in [3.05, 3.63) is 53.0 Å². The van der Waals surface area contributed by atoms with Crippen molar-refractivity contribution in [3.63, 3.8) is 0 Å². The molecule has 0 spiro atoms. The third-order valence-electron chi connectivity index (χ3n) is 5.51. The lowest BCUT2D eigenvalue weighted by Gasteiger charge is -2.41. The van der Waals surface area contributed by atoms with Crippen LogP contribution >= 0.6 is 0 Å². The number of aromatic nitrogens is 2. The van der Waals surface area contributed by atoms with Gasteiger partial charge >= 0.3 is 0 Å². The number of aryl methyl sites for hydroxylation is 3. The standard InChI is InChI=1S/C22H28N4O3/c1-14-6-7-17-15(2)21(29-18(17)10-14)22(27)26-8-9-28-19(13-24(3)4)20(26)16-11-23-25(5)12-16/h6-7,10-12,19-20H,8-9,13H2,1-5H3/t19-,20-/m0/s1. The largest absolute Gasteiger partial charge is 0.451 e. The minimum Gasteiger partial charge on any atom is -0.451 e. The SMILES string of the molecule is Cc1ccc2c(C)c(C(=O)N3CCO[C@@H](CN(C)C)[C@@H]3c3cnn(C)c3)oc2c1. The molecule has 154 valence electrons. The minimum absolute atomic E-state index is 0.0998. The third kappa shape index (κ3) is 3.68. The highest BCUT2D eigenvalue weighted by Crippen LogP contribution is 2.34. The monoisotopic (exact) mass is 396 g/mol. The van der Waals surface area contributed by atoms with Crippen molar-refractivity contribution in [1.29, 1.82) is 0 Å². The van der Waals surface area contributed by atoms with Crippen LogP contribution in [0.1, 0.15) is 33.3 Å². The molecule has 2 atom stereocenters. The molecule has 0 bridgehead atoms. The number of ether oxygens (including phenoxy) is 1. The van der Waals surface area contributed by atoms with Crippen LogP contribution in [-0.2, 0) is 11.8 Å². The fraction of sp³-hybridized carbons (Fsp3) is 0.455. The molecule has 1 aromatic carbocycles. The van der Waals surface area contributed by atoms with Gasteiger partial charge in [-0.25, -0.2) is 0 Å². The van der Waals surface area contributed by atoms with E-state index >= 15 is 0 Å². The molecule has 7 nitrogen and oxygen atoms in total. The van der Waals surface area contributed by atoms with E-state index in [0.29, 0.717) is 25.5 Å². The predicted octanol–water partition coefficient (Wildman–Crippen LogP) is 2.93. The molecule has 1 aliphatic heterocycles. The highest BCUT2D eigenvalue weighted by atomic mass is 16.5. The molecule has 0 radical (unpaired) electrons. The van der Waals surface area contributed by atoms with Crippen LogP contribution in [0.5, 0.6) is 0 Å². The molecule has 0 saturated carbocycles. The Labute approximate surface area is 170 Å². The molecule has 2 aromatic heterocycles. The first-order chi connectivity index (χ1) is 13.8. The molecule has 29 heavy (non-hydrogen) atoms. The lowest BCUT2D eigenvalue weighted by molar-refractivity contribution is -0.0691. The average Bonchev–Trinajstić information content (AvgIpc) is 3.23. The number of benzene rings is 1. The van der Waals surface area contributed by atoms with Gasteiger partial charge in [0.15, 0.2) is 5.76 Å². The molecule has 7 heteroatoms. The Bertz CT molecular complexity index is 1040. The van der Waals surface area contributed by atoms with Gasteiger partial charge in [0, 0.05) is 42.8 Å². The molecule has 1 aliphatic rings. The maximum Gasteiger partial charge on any atom is 0.290 e. The fourth-order valence-electron chi connectivity index (χ4n) is 4.13. The van der Waals surface area contributed by atoms with Gasteiger partial charge in [-0.2, -0.15) is 5.10 Å². The molecule has 4 rings (SSSR count). The molecule has 0 N–H and O–H groups in total. The maximum atomic E-state index is 13.6. The van der Waals surface area contributed by atoms with Gasteiger partial charge in [-0.3, -0.25) is 9.48 Å². The number of amides is 1. The first kappa shape index (κ1) is 19.7. The quantitative estimate of drug-likeness (QED) is 0.679. The number of hydrogen-bond donors (Lipinski definition) is 0. The highest BCUT2D eigenvalue weighted by Gasteiger charge is 2.39. The summed E-state index contributed by atoms with van der Waals surface area (Å²) in [5.41, 5.74) is 3.71. The zero-order valence-corrected chi connectivity index (χ0v) is 17.7. The normalized spacial score (nSPS) is 20.0. The van der Waals surface area contributed by atoms with Crippen molar-refractivity contribution in [1.82, 2.24) is 19.6 Å². The van der Waals surface area contributed by atoms with Crippen LogP contribution in [0.4, 0.5) is 0 Å². The van der Waals surface area contributed by atoms with Crippen molar-refractivity contribution in [2.24, 2.45) is 7.05 Å². The number of carbonyl (C=O) groups is 1. The van der Waals surface area contributed by atoms with Gasteiger partial charge in [-0.05, 0) is 39.6 Å². The summed E-state index contributed by atoms with van der Waals surface area (Å²) in [6, 6.07) is 5.82. The van der Waals surface area contributed by atoms with Crippen molar-refractivity contribution in [2.75, 3.05) is 33.8 Å². The molecular weight excluding hydrogens is 368 g/mol. The zero-order valence-electron chi connectivity index (χ0n) is 17.7. The van der Waals surface area contributed by atoms with E-state index in [1.54, 1.807) is 4.68 Å². The molecule has 1 fully saturated rings. The Kier molecular flexibility index (Phi) is 5.19. The summed E-state index contributed by atoms with van der Waals surface area (Å²) in [7, 11) is 5.90. The van der Waals surface area contributed by atoms with Crippen molar-refractivity contribution in [2.45, 2.75) is 26.0 Å². The van der Waals surface area contributed by atoms with Crippen LogP contribution in [0, 0.1) is 13.8 Å². The molecule has 3 aromatic rings. The summed E-state index contributed by atoms with van der Waals surface area (Å²) >= 11 is 0. The maximum absolute atomic E-state index is 13.6. The Balaban J connectivity index is 1.74. The zero-order chi connectivity index (χ0) is 20.7. The number of likely N-dealkylation sites (N-methyl/N-ethyl adjacent to an activating group) is 1. The van der Waals surface area contributed by atoms with Gasteiger partial charge in [0.2, 0.25) is 0 Å². The summed E-state index contributed by atoms with van der Waals surface area (Å²) in [4.78, 5) is 17.6. The van der Waals surface area contributed by atoms with Crippen molar-refractivity contribution >= 4 is 16.9 Å². The van der Waals surface area contributed by atoms with Gasteiger partial charge in [-0.1, -0.05) is 12.1 Å². The summed E-state index contributed by atoms with van der Waals surface area (Å²) in [6.07, 6.45) is 3.63. The lowest BCUT2D eigenvalue weighted by atomic mass is 9.99. The second kappa shape index (κ2) is 7.65. The molecule has 3 heterocycles. The number of furan rings is 1.